The number of aromatic nitrogens is 3. The van der Waals surface area contributed by atoms with Gasteiger partial charge in [-0.2, -0.15) is 0 Å². The van der Waals surface area contributed by atoms with Gasteiger partial charge < -0.3 is 13.7 Å². The standard InChI is InChI=1S/C49H34N4O2Si/c1-52-40-23-10-9-22-39(40)51-49(52)33-15-14-16-34(31-33)54-35-26-29-45-42(32-35)53(46-25-12-13-30-50-46)41-27-28-44-47(38-21-8-11-24-43(38)55-44)48(41)56(45,36-17-4-2-5-18-36)37-19-6-3-7-20-37/h2-32H,1H3. The Bertz CT molecular complexity index is 3050. The molecule has 7 aromatic carbocycles. The zero-order valence-electron chi connectivity index (χ0n) is 30.5. The molecule has 0 saturated heterocycles. The average molecular weight is 739 g/mol. The van der Waals surface area contributed by atoms with Crippen LogP contribution in [0.15, 0.2) is 193 Å². The Morgan fingerprint density at radius 1 is 0.589 bits per heavy atom. The maximum absolute atomic E-state index is 6.80. The number of benzene rings is 7. The smallest absolute Gasteiger partial charge is 0.185 e. The lowest BCUT2D eigenvalue weighted by atomic mass is 10.1. The molecule has 0 fully saturated rings. The third-order valence-corrected chi connectivity index (χ3v) is 16.0. The van der Waals surface area contributed by atoms with Crippen LogP contribution in [0.1, 0.15) is 0 Å². The molecule has 10 aromatic rings. The van der Waals surface area contributed by atoms with Gasteiger partial charge in [0.25, 0.3) is 0 Å². The molecular weight excluding hydrogens is 705 g/mol. The van der Waals surface area contributed by atoms with E-state index in [0.29, 0.717) is 0 Å². The number of para-hydroxylation sites is 3. The van der Waals surface area contributed by atoms with Gasteiger partial charge in [-0.1, -0.05) is 115 Å². The van der Waals surface area contributed by atoms with Gasteiger partial charge in [0.05, 0.1) is 16.7 Å². The van der Waals surface area contributed by atoms with Gasteiger partial charge in [0.1, 0.15) is 34.3 Å². The predicted molar refractivity (Wildman–Crippen MR) is 230 cm³/mol. The number of anilines is 3. The molecule has 266 valence electrons. The van der Waals surface area contributed by atoms with E-state index in [0.717, 1.165) is 73.1 Å². The monoisotopic (exact) mass is 738 g/mol. The van der Waals surface area contributed by atoms with Crippen molar-refractivity contribution >= 4 is 79.0 Å². The van der Waals surface area contributed by atoms with Crippen molar-refractivity contribution in [3.63, 3.8) is 0 Å². The number of ether oxygens (including phenoxy) is 1. The highest BCUT2D eigenvalue weighted by Crippen LogP contribution is 2.43. The summed E-state index contributed by atoms with van der Waals surface area (Å²) >= 11 is 0. The largest absolute Gasteiger partial charge is 0.457 e. The number of nitrogens with zero attached hydrogens (tertiary/aromatic N) is 4. The maximum Gasteiger partial charge on any atom is 0.185 e. The normalized spacial score (nSPS) is 13.2. The van der Waals surface area contributed by atoms with E-state index in [1.54, 1.807) is 0 Å². The fourth-order valence-electron chi connectivity index (χ4n) is 8.83. The second-order valence-electron chi connectivity index (χ2n) is 14.2. The Labute approximate surface area is 324 Å². The molecule has 0 amide bonds. The number of aryl methyl sites for hydroxylation is 1. The molecule has 0 unspecified atom stereocenters. The Morgan fingerprint density at radius 3 is 2.11 bits per heavy atom. The third kappa shape index (κ3) is 4.81. The van der Waals surface area contributed by atoms with E-state index >= 15 is 0 Å². The van der Waals surface area contributed by atoms with Crippen molar-refractivity contribution in [2.45, 2.75) is 0 Å². The highest BCUT2D eigenvalue weighted by molar-refractivity contribution is 7.22. The molecule has 0 N–H and O–H groups in total. The van der Waals surface area contributed by atoms with Gasteiger partial charge in [-0.25, -0.2) is 9.97 Å². The molecule has 11 rings (SSSR count). The van der Waals surface area contributed by atoms with Crippen LogP contribution in [0.2, 0.25) is 0 Å². The average Bonchev–Trinajstić information content (AvgIpc) is 3.81. The minimum Gasteiger partial charge on any atom is -0.457 e. The van der Waals surface area contributed by atoms with Crippen molar-refractivity contribution in [1.29, 1.82) is 0 Å². The highest BCUT2D eigenvalue weighted by Gasteiger charge is 2.50. The van der Waals surface area contributed by atoms with Crippen molar-refractivity contribution in [2.24, 2.45) is 7.05 Å². The molecule has 0 saturated carbocycles. The molecule has 4 heterocycles. The van der Waals surface area contributed by atoms with Crippen LogP contribution in [0.3, 0.4) is 0 Å². The van der Waals surface area contributed by atoms with Crippen LogP contribution < -0.4 is 30.4 Å². The van der Waals surface area contributed by atoms with E-state index < -0.39 is 8.07 Å². The quantitative estimate of drug-likeness (QED) is 0.159. The number of rotatable bonds is 6. The summed E-state index contributed by atoms with van der Waals surface area (Å²) in [4.78, 5) is 12.2. The zero-order valence-corrected chi connectivity index (χ0v) is 31.5. The van der Waals surface area contributed by atoms with Gasteiger partial charge in [-0.15, -0.1) is 0 Å². The fraction of sp³-hybridized carbons (Fsp3) is 0.0204. The Morgan fingerprint density at radius 2 is 1.32 bits per heavy atom. The Kier molecular flexibility index (Phi) is 7.30. The number of fused-ring (bicyclic) bond motifs is 7. The van der Waals surface area contributed by atoms with E-state index in [1.165, 1.54) is 20.7 Å². The van der Waals surface area contributed by atoms with E-state index in [9.17, 15) is 0 Å². The maximum atomic E-state index is 6.80. The summed E-state index contributed by atoms with van der Waals surface area (Å²) in [6.45, 7) is 0. The number of furan rings is 1. The molecule has 6 nitrogen and oxygen atoms in total. The van der Waals surface area contributed by atoms with Crippen LogP contribution in [0.5, 0.6) is 11.5 Å². The molecule has 3 aromatic heterocycles. The second kappa shape index (κ2) is 12.7. The van der Waals surface area contributed by atoms with Crippen LogP contribution in [-0.2, 0) is 7.05 Å². The third-order valence-electron chi connectivity index (χ3n) is 11.2. The SMILES string of the molecule is Cn1c(-c2cccc(Oc3ccc4c(c3)N(c3ccccn3)c3ccc5oc6ccccc6c5c3[Si]4(c3ccccc3)c3ccccc3)c2)nc2ccccc21. The molecule has 0 radical (unpaired) electrons. The minimum atomic E-state index is -3.08. The summed E-state index contributed by atoms with van der Waals surface area (Å²) < 4.78 is 15.6. The van der Waals surface area contributed by atoms with E-state index in [-0.39, 0.29) is 0 Å². The van der Waals surface area contributed by atoms with Crippen molar-refractivity contribution in [1.82, 2.24) is 14.5 Å². The van der Waals surface area contributed by atoms with Gasteiger partial charge in [0.2, 0.25) is 0 Å². The van der Waals surface area contributed by atoms with Crippen LogP contribution in [0, 0.1) is 0 Å². The number of imidazole rings is 1. The molecule has 1 aliphatic heterocycles. The molecule has 0 spiro atoms. The first-order valence-electron chi connectivity index (χ1n) is 18.8. The summed E-state index contributed by atoms with van der Waals surface area (Å²) in [6.07, 6.45) is 1.86. The lowest BCUT2D eigenvalue weighted by Gasteiger charge is -2.45. The first kappa shape index (κ1) is 32.2. The van der Waals surface area contributed by atoms with Gasteiger partial charge in [0, 0.05) is 41.3 Å². The summed E-state index contributed by atoms with van der Waals surface area (Å²) in [5, 5.41) is 7.34. The van der Waals surface area contributed by atoms with E-state index in [1.807, 2.05) is 54.7 Å². The first-order valence-corrected chi connectivity index (χ1v) is 20.8. The van der Waals surface area contributed by atoms with Gasteiger partial charge in [0.15, 0.2) is 8.07 Å². The van der Waals surface area contributed by atoms with Crippen molar-refractivity contribution in [3.8, 4) is 22.9 Å². The summed E-state index contributed by atoms with van der Waals surface area (Å²) in [7, 11) is -1.03. The predicted octanol–water partition coefficient (Wildman–Crippen LogP) is 9.49. The lowest BCUT2D eigenvalue weighted by Crippen LogP contribution is -2.77. The number of pyridine rings is 1. The summed E-state index contributed by atoms with van der Waals surface area (Å²) in [6, 6.07) is 64.0. The highest BCUT2D eigenvalue weighted by atomic mass is 28.3. The lowest BCUT2D eigenvalue weighted by molar-refractivity contribution is 0.483. The molecule has 7 heteroatoms. The van der Waals surface area contributed by atoms with Gasteiger partial charge in [-0.3, -0.25) is 4.90 Å². The van der Waals surface area contributed by atoms with Crippen LogP contribution in [0.4, 0.5) is 17.2 Å². The number of hydrogen-bond acceptors (Lipinski definition) is 5. The molecule has 56 heavy (non-hydrogen) atoms. The Hall–Kier alpha value is -7.22. The molecular formula is C49H34N4O2Si. The molecule has 0 atom stereocenters. The topological polar surface area (TPSA) is 56.3 Å². The first-order chi connectivity index (χ1) is 27.7. The van der Waals surface area contributed by atoms with E-state index in [4.69, 9.17) is 19.1 Å². The van der Waals surface area contributed by atoms with E-state index in [2.05, 4.69) is 150 Å². The summed E-state index contributed by atoms with van der Waals surface area (Å²) in [5.41, 5.74) is 6.90. The van der Waals surface area contributed by atoms with Crippen LogP contribution >= 0.6 is 0 Å². The molecule has 0 aliphatic carbocycles. The second-order valence-corrected chi connectivity index (χ2v) is 17.9. The van der Waals surface area contributed by atoms with Crippen molar-refractivity contribution < 1.29 is 9.15 Å². The Balaban J connectivity index is 1.18. The molecule has 0 bridgehead atoms. The number of hydrogen-bond donors (Lipinski definition) is 0. The van der Waals surface area contributed by atoms with Crippen molar-refractivity contribution in [2.75, 3.05) is 4.90 Å². The van der Waals surface area contributed by atoms with Crippen molar-refractivity contribution in [3.05, 3.63) is 188 Å². The minimum absolute atomic E-state index is 0.731. The molecule has 1 aliphatic rings. The van der Waals surface area contributed by atoms with Gasteiger partial charge >= 0.3 is 0 Å². The van der Waals surface area contributed by atoms with Gasteiger partial charge in [-0.05, 0) is 81.4 Å². The summed E-state index contributed by atoms with van der Waals surface area (Å²) in [5.74, 6) is 3.18. The van der Waals surface area contributed by atoms with Crippen LogP contribution in [0.25, 0.3) is 44.4 Å². The van der Waals surface area contributed by atoms with Crippen LogP contribution in [-0.4, -0.2) is 22.6 Å². The zero-order chi connectivity index (χ0) is 37.2. The fourth-order valence-corrected chi connectivity index (χ4v) is 14.1.